The van der Waals surface area contributed by atoms with E-state index in [1.54, 1.807) is 11.3 Å². The first-order valence-corrected chi connectivity index (χ1v) is 7.12. The molecule has 7 nitrogen and oxygen atoms in total. The number of aromatic nitrogens is 2. The molecule has 2 heterocycles. The maximum absolute atomic E-state index is 11.2. The number of hydrogen-bond donors (Lipinski definition) is 1. The van der Waals surface area contributed by atoms with Crippen LogP contribution in [0, 0.1) is 24.0 Å². The lowest BCUT2D eigenvalue weighted by molar-refractivity contribution is -0.385. The maximum atomic E-state index is 11.2. The molecule has 0 fully saturated rings. The second kappa shape index (κ2) is 6.04. The van der Waals surface area contributed by atoms with Gasteiger partial charge in [-0.25, -0.2) is 4.98 Å². The minimum Gasteiger partial charge on any atom is -0.476 e. The van der Waals surface area contributed by atoms with Gasteiger partial charge in [0.1, 0.15) is 6.33 Å². The van der Waals surface area contributed by atoms with Crippen LogP contribution in [-0.2, 0) is 0 Å². The summed E-state index contributed by atoms with van der Waals surface area (Å²) in [6.07, 6.45) is 1.24. The van der Waals surface area contributed by atoms with Gasteiger partial charge in [0, 0.05) is 9.75 Å². The van der Waals surface area contributed by atoms with Gasteiger partial charge in [-0.2, -0.15) is 4.98 Å². The zero-order valence-corrected chi connectivity index (χ0v) is 13.0. The van der Waals surface area contributed by atoms with Crippen LogP contribution in [0.25, 0.3) is 0 Å². The molecule has 0 amide bonds. The Hall–Kier alpha value is -2.22. The number of ether oxygens (including phenoxy) is 1. The molecule has 0 aliphatic carbocycles. The zero-order chi connectivity index (χ0) is 15.6. The molecule has 112 valence electrons. The summed E-state index contributed by atoms with van der Waals surface area (Å²) in [4.78, 5) is 20.8. The van der Waals surface area contributed by atoms with Crippen LogP contribution in [0.5, 0.6) is 5.88 Å². The Kier molecular flexibility index (Phi) is 4.37. The highest BCUT2D eigenvalue weighted by atomic mass is 32.1. The number of rotatable bonds is 5. The van der Waals surface area contributed by atoms with Crippen molar-refractivity contribution in [2.24, 2.45) is 0 Å². The average Bonchev–Trinajstić information content (AvgIpc) is 2.77. The largest absolute Gasteiger partial charge is 0.476 e. The van der Waals surface area contributed by atoms with Gasteiger partial charge in [0.05, 0.1) is 18.1 Å². The third-order valence-electron chi connectivity index (χ3n) is 3.06. The van der Waals surface area contributed by atoms with Crippen LogP contribution in [-0.4, -0.2) is 22.0 Å². The van der Waals surface area contributed by atoms with Gasteiger partial charge < -0.3 is 10.1 Å². The molecule has 0 aliphatic heterocycles. The number of methoxy groups -OCH3 is 1. The normalized spacial score (nSPS) is 12.0. The molecule has 1 unspecified atom stereocenters. The number of nitro groups is 1. The predicted octanol–water partition coefficient (Wildman–Crippen LogP) is 3.24. The summed E-state index contributed by atoms with van der Waals surface area (Å²) in [6, 6.07) is 1.97. The Morgan fingerprint density at radius 1 is 1.43 bits per heavy atom. The van der Waals surface area contributed by atoms with E-state index < -0.39 is 4.92 Å². The summed E-state index contributed by atoms with van der Waals surface area (Å²) in [5.41, 5.74) is 0.848. The van der Waals surface area contributed by atoms with E-state index in [9.17, 15) is 10.1 Å². The molecule has 1 atom stereocenters. The van der Waals surface area contributed by atoms with Crippen molar-refractivity contribution in [3.63, 3.8) is 0 Å². The molecule has 8 heteroatoms. The molecule has 0 bridgehead atoms. The van der Waals surface area contributed by atoms with Gasteiger partial charge in [0.15, 0.2) is 0 Å². The summed E-state index contributed by atoms with van der Waals surface area (Å²) < 4.78 is 4.93. The second-order valence-corrected chi connectivity index (χ2v) is 6.03. The molecule has 2 aromatic rings. The summed E-state index contributed by atoms with van der Waals surface area (Å²) in [6.45, 7) is 6.00. The molecule has 2 rings (SSSR count). The molecule has 21 heavy (non-hydrogen) atoms. The number of nitrogens with zero attached hydrogens (tertiary/aromatic N) is 3. The quantitative estimate of drug-likeness (QED) is 0.673. The van der Waals surface area contributed by atoms with Crippen molar-refractivity contribution in [1.82, 2.24) is 9.97 Å². The Bertz CT molecular complexity index is 671. The van der Waals surface area contributed by atoms with E-state index in [0.717, 1.165) is 5.56 Å². The van der Waals surface area contributed by atoms with E-state index in [0.29, 0.717) is 0 Å². The first-order chi connectivity index (χ1) is 9.93. The standard InChI is InChI=1S/C13H16N4O3S/c1-7-5-10(9(3)21-7)8(2)16-12-11(17(18)19)13(20-4)15-6-14-12/h5-6,8H,1-4H3,(H,14,15,16). The highest BCUT2D eigenvalue weighted by Gasteiger charge is 2.25. The van der Waals surface area contributed by atoms with Crippen molar-refractivity contribution < 1.29 is 9.66 Å². The van der Waals surface area contributed by atoms with Gasteiger partial charge in [-0.05, 0) is 32.4 Å². The number of thiophene rings is 1. The smallest absolute Gasteiger partial charge is 0.372 e. The number of nitrogens with one attached hydrogen (secondary N) is 1. The first kappa shape index (κ1) is 15.2. The van der Waals surface area contributed by atoms with E-state index in [4.69, 9.17) is 4.74 Å². The Morgan fingerprint density at radius 3 is 2.67 bits per heavy atom. The third-order valence-corrected chi connectivity index (χ3v) is 4.05. The lowest BCUT2D eigenvalue weighted by Gasteiger charge is -2.14. The summed E-state index contributed by atoms with van der Waals surface area (Å²) >= 11 is 1.69. The Labute approximate surface area is 126 Å². The van der Waals surface area contributed by atoms with Crippen molar-refractivity contribution in [1.29, 1.82) is 0 Å². The lowest BCUT2D eigenvalue weighted by Crippen LogP contribution is -2.11. The molecule has 2 aromatic heterocycles. The predicted molar refractivity (Wildman–Crippen MR) is 81.1 cm³/mol. The molecule has 0 aliphatic rings. The minimum absolute atomic E-state index is 0.0529. The van der Waals surface area contributed by atoms with E-state index in [2.05, 4.69) is 21.4 Å². The summed E-state index contributed by atoms with van der Waals surface area (Å²) in [5.74, 6) is 0.102. The van der Waals surface area contributed by atoms with Crippen molar-refractivity contribution in [3.8, 4) is 5.88 Å². The molecular weight excluding hydrogens is 292 g/mol. The van der Waals surface area contributed by atoms with Gasteiger partial charge >= 0.3 is 5.69 Å². The number of anilines is 1. The average molecular weight is 308 g/mol. The van der Waals surface area contributed by atoms with E-state index in [1.165, 1.54) is 23.2 Å². The lowest BCUT2D eigenvalue weighted by atomic mass is 10.1. The molecule has 1 N–H and O–H groups in total. The fourth-order valence-electron chi connectivity index (χ4n) is 2.15. The molecule has 0 aromatic carbocycles. The van der Waals surface area contributed by atoms with Crippen LogP contribution in [0.3, 0.4) is 0 Å². The van der Waals surface area contributed by atoms with Crippen molar-refractivity contribution >= 4 is 22.8 Å². The van der Waals surface area contributed by atoms with Crippen LogP contribution in [0.1, 0.15) is 28.3 Å². The van der Waals surface area contributed by atoms with Gasteiger partial charge in [-0.3, -0.25) is 10.1 Å². The molecule has 0 saturated heterocycles. The molecule has 0 radical (unpaired) electrons. The van der Waals surface area contributed by atoms with Gasteiger partial charge in [0.25, 0.3) is 5.88 Å². The number of aryl methyl sites for hydroxylation is 2. The summed E-state index contributed by atoms with van der Waals surface area (Å²) in [5, 5.41) is 14.3. The molecule has 0 saturated carbocycles. The van der Waals surface area contributed by atoms with Gasteiger partial charge in [0.2, 0.25) is 5.82 Å². The van der Waals surface area contributed by atoms with Crippen molar-refractivity contribution in [3.05, 3.63) is 37.8 Å². The highest BCUT2D eigenvalue weighted by Crippen LogP contribution is 2.34. The van der Waals surface area contributed by atoms with E-state index in [-0.39, 0.29) is 23.4 Å². The fourth-order valence-corrected chi connectivity index (χ4v) is 3.17. The number of hydrogen-bond acceptors (Lipinski definition) is 7. The topological polar surface area (TPSA) is 90.2 Å². The third kappa shape index (κ3) is 3.10. The SMILES string of the molecule is COc1ncnc(NC(C)c2cc(C)sc2C)c1[N+](=O)[O-]. The second-order valence-electron chi connectivity index (χ2n) is 4.57. The highest BCUT2D eigenvalue weighted by molar-refractivity contribution is 7.12. The molecule has 0 spiro atoms. The van der Waals surface area contributed by atoms with Crippen LogP contribution < -0.4 is 10.1 Å². The van der Waals surface area contributed by atoms with Crippen LogP contribution in [0.4, 0.5) is 11.5 Å². The summed E-state index contributed by atoms with van der Waals surface area (Å²) in [7, 11) is 1.34. The maximum Gasteiger partial charge on any atom is 0.372 e. The van der Waals surface area contributed by atoms with Crippen molar-refractivity contribution in [2.75, 3.05) is 12.4 Å². The molecular formula is C13H16N4O3S. The minimum atomic E-state index is -0.542. The monoisotopic (exact) mass is 308 g/mol. The van der Waals surface area contributed by atoms with E-state index in [1.807, 2.05) is 20.8 Å². The van der Waals surface area contributed by atoms with E-state index >= 15 is 0 Å². The fraction of sp³-hybridized carbons (Fsp3) is 0.385. The van der Waals surface area contributed by atoms with Crippen LogP contribution in [0.15, 0.2) is 12.4 Å². The van der Waals surface area contributed by atoms with Crippen LogP contribution in [0.2, 0.25) is 0 Å². The van der Waals surface area contributed by atoms with Crippen LogP contribution >= 0.6 is 11.3 Å². The zero-order valence-electron chi connectivity index (χ0n) is 12.2. The first-order valence-electron chi connectivity index (χ1n) is 6.31. The Balaban J connectivity index is 2.35. The Morgan fingerprint density at radius 2 is 2.14 bits per heavy atom. The van der Waals surface area contributed by atoms with Gasteiger partial charge in [-0.1, -0.05) is 0 Å². The van der Waals surface area contributed by atoms with Gasteiger partial charge in [-0.15, -0.1) is 11.3 Å². The van der Waals surface area contributed by atoms with Crippen molar-refractivity contribution in [2.45, 2.75) is 26.8 Å².